The smallest absolute Gasteiger partial charge is 0.212 e. The molecule has 0 bridgehead atoms. The van der Waals surface area contributed by atoms with E-state index in [2.05, 4.69) is 10.7 Å². The van der Waals surface area contributed by atoms with Crippen LogP contribution in [0.1, 0.15) is 5.56 Å². The Morgan fingerprint density at radius 3 is 1.44 bits per heavy atom. The van der Waals surface area contributed by atoms with E-state index in [0.717, 1.165) is 0 Å². The summed E-state index contributed by atoms with van der Waals surface area (Å²) in [7, 11) is 0.224. The summed E-state index contributed by atoms with van der Waals surface area (Å²) in [5.41, 5.74) is -1.48. The number of halogens is 6. The third-order valence-corrected chi connectivity index (χ3v) is 2.58. The lowest BCUT2D eigenvalue weighted by atomic mass is 10.2. The Morgan fingerprint density at radius 2 is 1.12 bits per heavy atom. The maximum Gasteiger partial charge on any atom is 0.236 e. The summed E-state index contributed by atoms with van der Waals surface area (Å²) in [4.78, 5) is 0. The van der Waals surface area contributed by atoms with Gasteiger partial charge in [0, 0.05) is 16.2 Å². The van der Waals surface area contributed by atoms with E-state index >= 15 is 0 Å². The molecule has 0 unspecified atom stereocenters. The van der Waals surface area contributed by atoms with Gasteiger partial charge in [0.25, 0.3) is 0 Å². The van der Waals surface area contributed by atoms with E-state index in [1.54, 1.807) is 0 Å². The average Bonchev–Trinajstić information content (AvgIpc) is 2.17. The first-order valence-electron chi connectivity index (χ1n) is 3.57. The minimum absolute atomic E-state index is 1.48. The van der Waals surface area contributed by atoms with E-state index in [4.69, 9.17) is 0 Å². The van der Waals surface area contributed by atoms with Crippen molar-refractivity contribution < 1.29 is 30.4 Å². The molecule has 0 aliphatic heterocycles. The zero-order valence-corrected chi connectivity index (χ0v) is 8.77. The fourth-order valence-electron chi connectivity index (χ4n) is 0.949. The SMILES string of the molecule is O=S(=O)(Cl)Cc1c(F)c(F)c(F)c(F)c1F. The van der Waals surface area contributed by atoms with Gasteiger partial charge < -0.3 is 0 Å². The van der Waals surface area contributed by atoms with E-state index in [1.807, 2.05) is 0 Å². The number of benzene rings is 1. The first kappa shape index (κ1) is 13.2. The molecular weight excluding hydrogens is 279 g/mol. The van der Waals surface area contributed by atoms with Crippen LogP contribution in [-0.2, 0) is 14.8 Å². The van der Waals surface area contributed by atoms with Crippen LogP contribution in [0.2, 0.25) is 0 Å². The second kappa shape index (κ2) is 4.17. The predicted octanol–water partition coefficient (Wildman–Crippen LogP) is 2.45. The third-order valence-electron chi connectivity index (χ3n) is 1.62. The topological polar surface area (TPSA) is 34.1 Å². The second-order valence-electron chi connectivity index (χ2n) is 2.73. The number of rotatable bonds is 2. The van der Waals surface area contributed by atoms with Crippen molar-refractivity contribution in [3.63, 3.8) is 0 Å². The Kier molecular flexibility index (Phi) is 3.44. The molecule has 16 heavy (non-hydrogen) atoms. The van der Waals surface area contributed by atoms with Crippen molar-refractivity contribution in [3.05, 3.63) is 34.6 Å². The van der Waals surface area contributed by atoms with Crippen molar-refractivity contribution in [2.45, 2.75) is 5.75 Å². The van der Waals surface area contributed by atoms with E-state index in [1.165, 1.54) is 0 Å². The lowest BCUT2D eigenvalue weighted by molar-refractivity contribution is 0.372. The molecule has 0 aromatic heterocycles. The maximum atomic E-state index is 12.9. The standard InChI is InChI=1S/C7H2ClF5O2S/c8-16(14,15)1-2-3(9)5(11)7(13)6(12)4(2)10/h1H2. The molecule has 90 valence electrons. The Hall–Kier alpha value is -0.890. The molecule has 0 heterocycles. The van der Waals surface area contributed by atoms with Crippen molar-refractivity contribution in [3.8, 4) is 0 Å². The molecule has 0 N–H and O–H groups in total. The normalized spacial score (nSPS) is 11.9. The highest BCUT2D eigenvalue weighted by atomic mass is 35.7. The summed E-state index contributed by atoms with van der Waals surface area (Å²) >= 11 is 0. The molecule has 1 rings (SSSR count). The Labute approximate surface area is 91.1 Å². The summed E-state index contributed by atoms with van der Waals surface area (Å²) in [5.74, 6) is -12.7. The van der Waals surface area contributed by atoms with Crippen LogP contribution in [0.5, 0.6) is 0 Å². The van der Waals surface area contributed by atoms with Crippen LogP contribution in [0.4, 0.5) is 22.0 Å². The molecule has 9 heteroatoms. The quantitative estimate of drug-likeness (QED) is 0.361. The molecule has 1 aromatic rings. The van der Waals surface area contributed by atoms with Gasteiger partial charge in [0.05, 0.1) is 5.75 Å². The Balaban J connectivity index is 3.52. The molecule has 0 saturated carbocycles. The largest absolute Gasteiger partial charge is 0.236 e. The molecule has 0 radical (unpaired) electrons. The fraction of sp³-hybridized carbons (Fsp3) is 0.143. The number of hydrogen-bond acceptors (Lipinski definition) is 2. The van der Waals surface area contributed by atoms with Gasteiger partial charge in [0.1, 0.15) is 0 Å². The monoisotopic (exact) mass is 280 g/mol. The highest BCUT2D eigenvalue weighted by Crippen LogP contribution is 2.25. The molecule has 0 atom stereocenters. The Morgan fingerprint density at radius 1 is 0.812 bits per heavy atom. The zero-order chi connectivity index (χ0) is 12.7. The molecule has 2 nitrogen and oxygen atoms in total. The molecule has 1 aromatic carbocycles. The van der Waals surface area contributed by atoms with Gasteiger partial charge in [-0.15, -0.1) is 0 Å². The third kappa shape index (κ3) is 2.43. The van der Waals surface area contributed by atoms with Crippen molar-refractivity contribution >= 4 is 19.7 Å². The Bertz CT molecular complexity index is 513. The molecule has 0 aliphatic carbocycles. The molecule has 0 aliphatic rings. The van der Waals surface area contributed by atoms with Crippen LogP contribution in [0.25, 0.3) is 0 Å². The van der Waals surface area contributed by atoms with E-state index < -0.39 is 49.5 Å². The molecule has 0 fully saturated rings. The lowest BCUT2D eigenvalue weighted by Gasteiger charge is -2.05. The van der Waals surface area contributed by atoms with E-state index in [9.17, 15) is 30.4 Å². The molecule has 0 spiro atoms. The van der Waals surface area contributed by atoms with Gasteiger partial charge in [-0.25, -0.2) is 30.4 Å². The summed E-state index contributed by atoms with van der Waals surface area (Å²) in [6.07, 6.45) is 0. The fourth-order valence-corrected chi connectivity index (χ4v) is 1.88. The summed E-state index contributed by atoms with van der Waals surface area (Å²) in [6, 6.07) is 0. The highest BCUT2D eigenvalue weighted by Gasteiger charge is 2.27. The van der Waals surface area contributed by atoms with Gasteiger partial charge >= 0.3 is 0 Å². The van der Waals surface area contributed by atoms with Gasteiger partial charge in [-0.1, -0.05) is 0 Å². The van der Waals surface area contributed by atoms with Gasteiger partial charge in [-0.3, -0.25) is 0 Å². The van der Waals surface area contributed by atoms with Gasteiger partial charge in [0.15, 0.2) is 23.3 Å². The van der Waals surface area contributed by atoms with Crippen molar-refractivity contribution in [1.29, 1.82) is 0 Å². The molecular formula is C7H2ClF5O2S. The first-order chi connectivity index (χ1) is 7.15. The van der Waals surface area contributed by atoms with Crippen LogP contribution in [0.3, 0.4) is 0 Å². The summed E-state index contributed by atoms with van der Waals surface area (Å²) in [5, 5.41) is 0. The highest BCUT2D eigenvalue weighted by molar-refractivity contribution is 8.13. The van der Waals surface area contributed by atoms with Gasteiger partial charge in [-0.2, -0.15) is 0 Å². The van der Waals surface area contributed by atoms with Crippen LogP contribution in [0.15, 0.2) is 0 Å². The summed E-state index contributed by atoms with van der Waals surface area (Å²) < 4.78 is 84.5. The van der Waals surface area contributed by atoms with Crippen molar-refractivity contribution in [1.82, 2.24) is 0 Å². The zero-order valence-electron chi connectivity index (χ0n) is 7.20. The van der Waals surface area contributed by atoms with Crippen LogP contribution in [-0.4, -0.2) is 8.42 Å². The van der Waals surface area contributed by atoms with E-state index in [0.29, 0.717) is 0 Å². The van der Waals surface area contributed by atoms with Crippen LogP contribution >= 0.6 is 10.7 Å². The maximum absolute atomic E-state index is 12.9. The van der Waals surface area contributed by atoms with E-state index in [-0.39, 0.29) is 0 Å². The van der Waals surface area contributed by atoms with Crippen LogP contribution in [0, 0.1) is 29.1 Å². The predicted molar refractivity (Wildman–Crippen MR) is 44.7 cm³/mol. The second-order valence-corrected chi connectivity index (χ2v) is 5.51. The van der Waals surface area contributed by atoms with Crippen LogP contribution < -0.4 is 0 Å². The average molecular weight is 281 g/mol. The lowest BCUT2D eigenvalue weighted by Crippen LogP contribution is -2.09. The first-order valence-corrected chi connectivity index (χ1v) is 6.05. The minimum Gasteiger partial charge on any atom is -0.212 e. The van der Waals surface area contributed by atoms with Gasteiger partial charge in [-0.05, 0) is 0 Å². The molecule has 0 amide bonds. The van der Waals surface area contributed by atoms with Crippen molar-refractivity contribution in [2.75, 3.05) is 0 Å². The minimum atomic E-state index is -4.43. The molecule has 0 saturated heterocycles. The number of hydrogen-bond donors (Lipinski definition) is 0. The summed E-state index contributed by atoms with van der Waals surface area (Å²) in [6.45, 7) is 0. The van der Waals surface area contributed by atoms with Crippen molar-refractivity contribution in [2.24, 2.45) is 0 Å². The van der Waals surface area contributed by atoms with Gasteiger partial charge in [0.2, 0.25) is 14.9 Å².